The van der Waals surface area contributed by atoms with Crippen molar-refractivity contribution in [2.24, 2.45) is 5.92 Å². The number of methoxy groups -OCH3 is 1. The molecule has 0 aliphatic carbocycles. The lowest BCUT2D eigenvalue weighted by molar-refractivity contribution is -0.120. The second kappa shape index (κ2) is 17.1. The van der Waals surface area contributed by atoms with Crippen molar-refractivity contribution in [3.8, 4) is 11.5 Å². The predicted molar refractivity (Wildman–Crippen MR) is 170 cm³/mol. The molecule has 1 atom stereocenters. The Balaban J connectivity index is 3.67. The zero-order valence-electron chi connectivity index (χ0n) is 25.9. The van der Waals surface area contributed by atoms with Crippen molar-refractivity contribution in [3.63, 3.8) is 0 Å². The number of carbonyl (C=O) groups excluding carboxylic acids is 1. The average molecular weight is 583 g/mol. The number of sulfonamides is 1. The minimum atomic E-state index is -4.08. The number of benzene rings is 1. The monoisotopic (exact) mass is 582 g/mol. The molecule has 0 saturated heterocycles. The average Bonchev–Trinajstić information content (AvgIpc) is 2.92. The number of hydrogen-bond acceptors (Lipinski definition) is 5. The molecule has 224 valence electrons. The molecule has 1 rings (SSSR count). The summed E-state index contributed by atoms with van der Waals surface area (Å²) in [5.74, 6) is 0.0627. The molecular formula is C33H46N2O5S. The fourth-order valence-electron chi connectivity index (χ4n) is 3.86. The Hall–Kier alpha value is -3.78. The molecule has 0 radical (unpaired) electrons. The normalized spacial score (nSPS) is 15.0. The van der Waals surface area contributed by atoms with E-state index in [1.54, 1.807) is 49.4 Å². The highest BCUT2D eigenvalue weighted by atomic mass is 32.2. The van der Waals surface area contributed by atoms with E-state index in [1.165, 1.54) is 14.0 Å². The molecule has 0 fully saturated rings. The number of nitrogens with one attached hydrogen (secondary N) is 2. The van der Waals surface area contributed by atoms with Crippen molar-refractivity contribution >= 4 is 15.9 Å². The van der Waals surface area contributed by atoms with E-state index in [2.05, 4.69) is 16.6 Å². The molecule has 0 aliphatic rings. The molecule has 1 amide bonds. The first-order chi connectivity index (χ1) is 19.4. The van der Waals surface area contributed by atoms with E-state index in [0.29, 0.717) is 17.7 Å². The van der Waals surface area contributed by atoms with Crippen LogP contribution in [-0.2, 0) is 14.8 Å². The molecule has 8 heteroatoms. The molecule has 0 bridgehead atoms. The molecule has 1 aromatic rings. The van der Waals surface area contributed by atoms with Crippen LogP contribution in [0, 0.1) is 5.92 Å². The maximum absolute atomic E-state index is 13.7. The van der Waals surface area contributed by atoms with Gasteiger partial charge in [-0.2, -0.15) is 0 Å². The van der Waals surface area contributed by atoms with Gasteiger partial charge in [0.2, 0.25) is 5.76 Å². The first-order valence-electron chi connectivity index (χ1n) is 13.7. The van der Waals surface area contributed by atoms with Crippen LogP contribution in [0.15, 0.2) is 106 Å². The molecule has 7 nitrogen and oxygen atoms in total. The number of amides is 1. The number of hydrogen-bond donors (Lipinski definition) is 2. The van der Waals surface area contributed by atoms with Crippen LogP contribution >= 0.6 is 0 Å². The first kappa shape index (κ1) is 35.2. The number of ether oxygens (including phenoxy) is 2. The van der Waals surface area contributed by atoms with Gasteiger partial charge in [0.15, 0.2) is 11.5 Å². The SMILES string of the molecule is C=C/C=C(\C=C/C)C(C)NC(=O)/C(Oc1ccccc1OC)=C(\C)NS(=O)(=O)C(/C=C\C(=C/C)C(C)C)=C(/C)CC. The summed E-state index contributed by atoms with van der Waals surface area (Å²) in [4.78, 5) is 13.7. The Bertz CT molecular complexity index is 1360. The molecule has 0 aliphatic heterocycles. The van der Waals surface area contributed by atoms with Crippen LogP contribution < -0.4 is 19.5 Å². The third-order valence-electron chi connectivity index (χ3n) is 6.30. The lowest BCUT2D eigenvalue weighted by Crippen LogP contribution is -2.38. The Kier molecular flexibility index (Phi) is 14.7. The summed E-state index contributed by atoms with van der Waals surface area (Å²) in [5.41, 5.74) is 2.51. The maximum Gasteiger partial charge on any atom is 0.289 e. The van der Waals surface area contributed by atoms with E-state index in [9.17, 15) is 13.2 Å². The number of carbonyl (C=O) groups is 1. The summed E-state index contributed by atoms with van der Waals surface area (Å²) in [5, 5.41) is 2.90. The first-order valence-corrected chi connectivity index (χ1v) is 15.2. The van der Waals surface area contributed by atoms with Gasteiger partial charge in [0.05, 0.1) is 23.8 Å². The van der Waals surface area contributed by atoms with Crippen molar-refractivity contribution in [3.05, 3.63) is 106 Å². The number of para-hydroxylation sites is 2. The van der Waals surface area contributed by atoms with E-state index in [1.807, 2.05) is 65.8 Å². The minimum absolute atomic E-state index is 0.0193. The zero-order chi connectivity index (χ0) is 31.2. The Morgan fingerprint density at radius 2 is 1.66 bits per heavy atom. The smallest absolute Gasteiger partial charge is 0.289 e. The van der Waals surface area contributed by atoms with Crippen LogP contribution in [0.4, 0.5) is 0 Å². The lowest BCUT2D eigenvalue weighted by Gasteiger charge is -2.20. The number of allylic oxidation sites excluding steroid dienone is 9. The third-order valence-corrected chi connectivity index (χ3v) is 7.94. The molecule has 0 spiro atoms. The van der Waals surface area contributed by atoms with E-state index in [-0.39, 0.29) is 28.0 Å². The molecule has 2 N–H and O–H groups in total. The van der Waals surface area contributed by atoms with Gasteiger partial charge < -0.3 is 14.8 Å². The highest BCUT2D eigenvalue weighted by molar-refractivity contribution is 7.93. The largest absolute Gasteiger partial charge is 0.493 e. The van der Waals surface area contributed by atoms with E-state index in [0.717, 1.165) is 11.1 Å². The van der Waals surface area contributed by atoms with Gasteiger partial charge in [-0.05, 0) is 76.3 Å². The molecule has 0 saturated carbocycles. The van der Waals surface area contributed by atoms with Crippen molar-refractivity contribution in [1.82, 2.24) is 10.0 Å². The Morgan fingerprint density at radius 3 is 2.17 bits per heavy atom. The summed E-state index contributed by atoms with van der Waals surface area (Å²) in [6.07, 6.45) is 13.0. The molecule has 1 aromatic carbocycles. The van der Waals surface area contributed by atoms with Crippen LogP contribution in [0.5, 0.6) is 11.5 Å². The minimum Gasteiger partial charge on any atom is -0.493 e. The quantitative estimate of drug-likeness (QED) is 0.129. The second-order valence-electron chi connectivity index (χ2n) is 9.68. The van der Waals surface area contributed by atoms with Crippen LogP contribution in [0.2, 0.25) is 0 Å². The molecule has 41 heavy (non-hydrogen) atoms. The van der Waals surface area contributed by atoms with Crippen LogP contribution in [-0.4, -0.2) is 27.5 Å². The summed E-state index contributed by atoms with van der Waals surface area (Å²) in [7, 11) is -2.59. The zero-order valence-corrected chi connectivity index (χ0v) is 26.7. The van der Waals surface area contributed by atoms with Gasteiger partial charge in [0.1, 0.15) is 0 Å². The highest BCUT2D eigenvalue weighted by Crippen LogP contribution is 2.29. The fourth-order valence-corrected chi connectivity index (χ4v) is 5.31. The summed E-state index contributed by atoms with van der Waals surface area (Å²) in [6.45, 7) is 18.6. The van der Waals surface area contributed by atoms with Gasteiger partial charge in [0.25, 0.3) is 15.9 Å². The van der Waals surface area contributed by atoms with Gasteiger partial charge >= 0.3 is 0 Å². The van der Waals surface area contributed by atoms with Crippen LogP contribution in [0.1, 0.15) is 61.8 Å². The van der Waals surface area contributed by atoms with Crippen molar-refractivity contribution < 1.29 is 22.7 Å². The summed E-state index contributed by atoms with van der Waals surface area (Å²) >= 11 is 0. The molecular weight excluding hydrogens is 536 g/mol. The standard InChI is InChI=1S/C33H46N2O5S/c1-11-17-28(18-12-2)25(8)34-33(36)32(40-30-20-16-15-19-29(30)39-10)26(9)35-41(37,38)31(24(7)13-3)22-21-27(14-4)23(5)6/h11-12,14-23,25,35H,1,13H2,2-10H3,(H,34,36)/b18-12-,22-21-,27-14+,28-17+,31-24-,32-26-. The Morgan fingerprint density at radius 1 is 1.02 bits per heavy atom. The van der Waals surface area contributed by atoms with Crippen LogP contribution in [0.25, 0.3) is 0 Å². The van der Waals surface area contributed by atoms with Gasteiger partial charge in [-0.25, -0.2) is 8.42 Å². The maximum atomic E-state index is 13.7. The molecule has 0 heterocycles. The Labute approximate surface area is 247 Å². The van der Waals surface area contributed by atoms with E-state index < -0.39 is 22.0 Å². The third kappa shape index (κ3) is 10.6. The fraction of sp³-hybridized carbons (Fsp3) is 0.364. The van der Waals surface area contributed by atoms with Gasteiger partial charge in [-0.1, -0.05) is 81.5 Å². The van der Waals surface area contributed by atoms with Gasteiger partial charge in [-0.3, -0.25) is 9.52 Å². The van der Waals surface area contributed by atoms with Gasteiger partial charge in [0, 0.05) is 0 Å². The van der Waals surface area contributed by atoms with Crippen molar-refractivity contribution in [2.75, 3.05) is 7.11 Å². The molecule has 0 aromatic heterocycles. The predicted octanol–water partition coefficient (Wildman–Crippen LogP) is 7.26. The van der Waals surface area contributed by atoms with Gasteiger partial charge in [-0.15, -0.1) is 0 Å². The molecule has 1 unspecified atom stereocenters. The summed E-state index contributed by atoms with van der Waals surface area (Å²) < 4.78 is 41.4. The topological polar surface area (TPSA) is 93.7 Å². The van der Waals surface area contributed by atoms with E-state index >= 15 is 0 Å². The summed E-state index contributed by atoms with van der Waals surface area (Å²) in [6, 6.07) is 6.40. The second-order valence-corrected chi connectivity index (χ2v) is 11.3. The van der Waals surface area contributed by atoms with E-state index in [4.69, 9.17) is 9.47 Å². The lowest BCUT2D eigenvalue weighted by atomic mass is 10.0. The van der Waals surface area contributed by atoms with Crippen LogP contribution in [0.3, 0.4) is 0 Å². The highest BCUT2D eigenvalue weighted by Gasteiger charge is 2.25. The number of rotatable bonds is 15. The van der Waals surface area contributed by atoms with Crippen molar-refractivity contribution in [1.29, 1.82) is 0 Å². The van der Waals surface area contributed by atoms with Crippen molar-refractivity contribution in [2.45, 2.75) is 67.9 Å².